The molecule has 0 radical (unpaired) electrons. The van der Waals surface area contributed by atoms with Gasteiger partial charge in [-0.15, -0.1) is 0 Å². The van der Waals surface area contributed by atoms with Crippen LogP contribution in [0.1, 0.15) is 5.69 Å². The SMILES string of the molecule is Cc1cn(-c2ccc(N/N=C(\C#N)C(=N)N)cc2F)cn1. The number of hydrogen-bond acceptors (Lipinski definition) is 5. The molecule has 0 atom stereocenters. The van der Waals surface area contributed by atoms with Gasteiger partial charge in [0, 0.05) is 12.3 Å². The van der Waals surface area contributed by atoms with Gasteiger partial charge in [-0.05, 0) is 19.1 Å². The fourth-order valence-corrected chi connectivity index (χ4v) is 1.60. The summed E-state index contributed by atoms with van der Waals surface area (Å²) >= 11 is 0. The summed E-state index contributed by atoms with van der Waals surface area (Å²) in [6.07, 6.45) is 3.22. The van der Waals surface area contributed by atoms with Crippen molar-refractivity contribution >= 4 is 17.2 Å². The highest BCUT2D eigenvalue weighted by molar-refractivity contribution is 6.45. The van der Waals surface area contributed by atoms with Gasteiger partial charge in [0.2, 0.25) is 5.71 Å². The number of hydrazone groups is 1. The Morgan fingerprint density at radius 3 is 2.86 bits per heavy atom. The van der Waals surface area contributed by atoms with Gasteiger partial charge < -0.3 is 10.3 Å². The molecular weight excluding hydrogens is 273 g/mol. The Morgan fingerprint density at radius 2 is 2.33 bits per heavy atom. The van der Waals surface area contributed by atoms with Crippen LogP contribution in [0.25, 0.3) is 5.69 Å². The Hall–Kier alpha value is -3.21. The number of nitriles is 1. The number of anilines is 1. The molecule has 0 unspecified atom stereocenters. The number of amidine groups is 1. The first-order valence-corrected chi connectivity index (χ1v) is 5.90. The summed E-state index contributed by atoms with van der Waals surface area (Å²) in [5.74, 6) is -0.940. The standard InChI is InChI=1S/C13H12FN7/c1-8-6-21(7-18-8)12-3-2-9(4-10(12)14)19-20-11(5-15)13(16)17/h2-4,6-7,19H,1H3,(H3,16,17)/b20-11+. The molecule has 0 amide bonds. The zero-order valence-corrected chi connectivity index (χ0v) is 11.1. The number of hydrogen-bond donors (Lipinski definition) is 3. The number of benzene rings is 1. The molecule has 0 saturated carbocycles. The van der Waals surface area contributed by atoms with Gasteiger partial charge in [-0.2, -0.15) is 10.4 Å². The van der Waals surface area contributed by atoms with Crippen LogP contribution in [0.2, 0.25) is 0 Å². The molecule has 0 spiro atoms. The quantitative estimate of drug-likeness (QED) is 0.449. The molecule has 0 aliphatic rings. The Kier molecular flexibility index (Phi) is 3.95. The van der Waals surface area contributed by atoms with E-state index < -0.39 is 11.7 Å². The first kappa shape index (κ1) is 14.2. The van der Waals surface area contributed by atoms with Crippen molar-refractivity contribution in [3.8, 4) is 11.8 Å². The number of rotatable bonds is 4. The predicted molar refractivity (Wildman–Crippen MR) is 76.8 cm³/mol. The average Bonchev–Trinajstić information content (AvgIpc) is 2.85. The van der Waals surface area contributed by atoms with Crippen molar-refractivity contribution in [2.24, 2.45) is 10.8 Å². The summed E-state index contributed by atoms with van der Waals surface area (Å²) < 4.78 is 15.6. The second-order valence-corrected chi connectivity index (χ2v) is 4.19. The van der Waals surface area contributed by atoms with Crippen LogP contribution >= 0.6 is 0 Å². The third-order valence-electron chi connectivity index (χ3n) is 2.60. The van der Waals surface area contributed by atoms with E-state index in [0.717, 1.165) is 5.69 Å². The maximum Gasteiger partial charge on any atom is 0.201 e. The first-order chi connectivity index (χ1) is 10.0. The highest BCUT2D eigenvalue weighted by Crippen LogP contribution is 2.18. The Bertz CT molecular complexity index is 754. The molecule has 0 bridgehead atoms. The zero-order chi connectivity index (χ0) is 15.4. The van der Waals surface area contributed by atoms with Crippen LogP contribution < -0.4 is 11.2 Å². The maximum absolute atomic E-state index is 14.0. The van der Waals surface area contributed by atoms with Crippen LogP contribution in [0.15, 0.2) is 35.8 Å². The molecule has 1 heterocycles. The lowest BCUT2D eigenvalue weighted by molar-refractivity contribution is 0.618. The fraction of sp³-hybridized carbons (Fsp3) is 0.0769. The second-order valence-electron chi connectivity index (χ2n) is 4.19. The number of imidazole rings is 1. The predicted octanol–water partition coefficient (Wildman–Crippen LogP) is 1.55. The van der Waals surface area contributed by atoms with Crippen LogP contribution in [-0.4, -0.2) is 21.1 Å². The summed E-state index contributed by atoms with van der Waals surface area (Å²) in [7, 11) is 0. The van der Waals surface area contributed by atoms with Crippen molar-refractivity contribution in [2.45, 2.75) is 6.92 Å². The summed E-state index contributed by atoms with van der Waals surface area (Å²) in [5.41, 5.74) is 8.82. The second kappa shape index (κ2) is 5.83. The fourth-order valence-electron chi connectivity index (χ4n) is 1.60. The van der Waals surface area contributed by atoms with Gasteiger partial charge >= 0.3 is 0 Å². The monoisotopic (exact) mass is 285 g/mol. The molecule has 0 aliphatic heterocycles. The minimum atomic E-state index is -0.478. The van der Waals surface area contributed by atoms with Crippen molar-refractivity contribution in [3.05, 3.63) is 42.2 Å². The minimum absolute atomic E-state index is 0.273. The molecule has 21 heavy (non-hydrogen) atoms. The highest BCUT2D eigenvalue weighted by Gasteiger charge is 2.07. The smallest absolute Gasteiger partial charge is 0.201 e. The number of nitrogens with zero attached hydrogens (tertiary/aromatic N) is 4. The van der Waals surface area contributed by atoms with Crippen molar-refractivity contribution in [1.29, 1.82) is 10.7 Å². The van der Waals surface area contributed by atoms with E-state index in [0.29, 0.717) is 11.4 Å². The lowest BCUT2D eigenvalue weighted by Gasteiger charge is -2.06. The third-order valence-corrected chi connectivity index (χ3v) is 2.60. The van der Waals surface area contributed by atoms with Crippen LogP contribution in [-0.2, 0) is 0 Å². The van der Waals surface area contributed by atoms with Gasteiger partial charge in [-0.25, -0.2) is 9.37 Å². The van der Waals surface area contributed by atoms with E-state index >= 15 is 0 Å². The Morgan fingerprint density at radius 1 is 1.57 bits per heavy atom. The summed E-state index contributed by atoms with van der Waals surface area (Å²) in [6, 6.07) is 6.02. The number of aryl methyl sites for hydroxylation is 1. The minimum Gasteiger partial charge on any atom is -0.382 e. The molecule has 1 aromatic carbocycles. The van der Waals surface area contributed by atoms with E-state index in [1.807, 2.05) is 6.92 Å². The Labute approximate surface area is 120 Å². The number of halogens is 1. The van der Waals surface area contributed by atoms with Crippen LogP contribution in [0.5, 0.6) is 0 Å². The first-order valence-electron chi connectivity index (χ1n) is 5.90. The van der Waals surface area contributed by atoms with Crippen LogP contribution in [0, 0.1) is 29.5 Å². The van der Waals surface area contributed by atoms with Crippen molar-refractivity contribution in [2.75, 3.05) is 5.43 Å². The van der Waals surface area contributed by atoms with Crippen molar-refractivity contribution in [1.82, 2.24) is 9.55 Å². The summed E-state index contributed by atoms with van der Waals surface area (Å²) in [5, 5.41) is 19.4. The molecule has 1 aromatic heterocycles. The van der Waals surface area contributed by atoms with E-state index in [-0.39, 0.29) is 5.71 Å². The van der Waals surface area contributed by atoms with Gasteiger partial charge in [0.15, 0.2) is 5.84 Å². The molecule has 0 fully saturated rings. The van der Waals surface area contributed by atoms with E-state index in [1.54, 1.807) is 29.0 Å². The lowest BCUT2D eigenvalue weighted by Crippen LogP contribution is -2.21. The molecule has 0 aliphatic carbocycles. The van der Waals surface area contributed by atoms with Crippen molar-refractivity contribution in [3.63, 3.8) is 0 Å². The average molecular weight is 285 g/mol. The number of aromatic nitrogens is 2. The topological polar surface area (TPSA) is 116 Å². The normalized spacial score (nSPS) is 11.0. The van der Waals surface area contributed by atoms with Gasteiger partial charge in [0.25, 0.3) is 0 Å². The molecule has 4 N–H and O–H groups in total. The Balaban J connectivity index is 2.24. The van der Waals surface area contributed by atoms with Crippen LogP contribution in [0.3, 0.4) is 0 Å². The van der Waals surface area contributed by atoms with Crippen LogP contribution in [0.4, 0.5) is 10.1 Å². The summed E-state index contributed by atoms with van der Waals surface area (Å²) in [6.45, 7) is 1.81. The maximum atomic E-state index is 14.0. The molecule has 8 heteroatoms. The molecule has 2 rings (SSSR count). The third kappa shape index (κ3) is 3.22. The number of nitrogens with two attached hydrogens (primary N) is 1. The zero-order valence-electron chi connectivity index (χ0n) is 11.1. The highest BCUT2D eigenvalue weighted by atomic mass is 19.1. The van der Waals surface area contributed by atoms with E-state index in [2.05, 4.69) is 15.5 Å². The lowest BCUT2D eigenvalue weighted by atomic mass is 10.2. The molecule has 106 valence electrons. The molecule has 7 nitrogen and oxygen atoms in total. The van der Waals surface area contributed by atoms with Crippen molar-refractivity contribution < 1.29 is 4.39 Å². The largest absolute Gasteiger partial charge is 0.382 e. The van der Waals surface area contributed by atoms with Gasteiger partial charge in [-0.1, -0.05) is 0 Å². The van der Waals surface area contributed by atoms with E-state index in [4.69, 9.17) is 16.4 Å². The number of nitrogens with one attached hydrogen (secondary N) is 2. The molecular formula is C13H12FN7. The van der Waals surface area contributed by atoms with E-state index in [9.17, 15) is 4.39 Å². The van der Waals surface area contributed by atoms with Gasteiger partial charge in [0.05, 0.1) is 23.4 Å². The summed E-state index contributed by atoms with van der Waals surface area (Å²) in [4.78, 5) is 4.03. The van der Waals surface area contributed by atoms with Gasteiger partial charge in [-0.3, -0.25) is 10.8 Å². The van der Waals surface area contributed by atoms with E-state index in [1.165, 1.54) is 12.4 Å². The molecule has 0 saturated heterocycles. The molecule has 2 aromatic rings. The van der Waals surface area contributed by atoms with Gasteiger partial charge in [0.1, 0.15) is 11.9 Å².